The second-order valence-electron chi connectivity index (χ2n) is 11.0. The van der Waals surface area contributed by atoms with Gasteiger partial charge in [-0.1, -0.05) is 25.5 Å². The van der Waals surface area contributed by atoms with Gasteiger partial charge in [0, 0.05) is 18.5 Å². The van der Waals surface area contributed by atoms with E-state index in [1.165, 1.54) is 69.9 Å². The highest BCUT2D eigenvalue weighted by Crippen LogP contribution is 2.60. The number of amides is 1. The fourth-order valence-electron chi connectivity index (χ4n) is 7.15. The summed E-state index contributed by atoms with van der Waals surface area (Å²) < 4.78 is 5.26. The van der Waals surface area contributed by atoms with Crippen molar-refractivity contribution in [3.8, 4) is 5.75 Å². The van der Waals surface area contributed by atoms with E-state index in [4.69, 9.17) is 4.74 Å². The molecule has 0 aromatic heterocycles. The lowest BCUT2D eigenvalue weighted by Gasteiger charge is -2.55. The monoisotopic (exact) mass is 440 g/mol. The highest BCUT2D eigenvalue weighted by molar-refractivity contribution is 5.83. The van der Waals surface area contributed by atoms with E-state index in [9.17, 15) is 4.79 Å². The van der Waals surface area contributed by atoms with Gasteiger partial charge in [-0.15, -0.1) is 0 Å². The van der Waals surface area contributed by atoms with Gasteiger partial charge >= 0.3 is 0 Å². The lowest BCUT2D eigenvalue weighted by Crippen LogP contribution is -2.53. The maximum atomic E-state index is 13.1. The SMILES string of the molecule is CCCN(CCCCCNC(=O)C12CC3CC(CC(C3)C1)C2)CCc1ccc(OC)cc1. The molecule has 1 N–H and O–H groups in total. The quantitative estimate of drug-likeness (QED) is 0.415. The number of benzene rings is 1. The lowest BCUT2D eigenvalue weighted by molar-refractivity contribution is -0.146. The molecule has 1 aromatic rings. The second kappa shape index (κ2) is 11.0. The average Bonchev–Trinajstić information content (AvgIpc) is 2.79. The molecule has 4 nitrogen and oxygen atoms in total. The largest absolute Gasteiger partial charge is 0.497 e. The first-order valence-corrected chi connectivity index (χ1v) is 13.2. The fraction of sp³-hybridized carbons (Fsp3) is 0.750. The molecule has 4 saturated carbocycles. The summed E-state index contributed by atoms with van der Waals surface area (Å²) in [5.41, 5.74) is 1.38. The number of rotatable bonds is 13. The minimum atomic E-state index is 0.00807. The highest BCUT2D eigenvalue weighted by Gasteiger charge is 2.54. The molecule has 4 bridgehead atoms. The average molecular weight is 441 g/mol. The van der Waals surface area contributed by atoms with E-state index in [1.54, 1.807) is 7.11 Å². The van der Waals surface area contributed by atoms with Crippen LogP contribution in [0.2, 0.25) is 0 Å². The number of carbonyl (C=O) groups excluding carboxylic acids is 1. The van der Waals surface area contributed by atoms with E-state index in [0.717, 1.165) is 56.0 Å². The third-order valence-electron chi connectivity index (χ3n) is 8.37. The summed E-state index contributed by atoms with van der Waals surface area (Å²) in [5, 5.41) is 3.35. The van der Waals surface area contributed by atoms with Crippen molar-refractivity contribution in [2.24, 2.45) is 23.2 Å². The zero-order valence-electron chi connectivity index (χ0n) is 20.4. The second-order valence-corrected chi connectivity index (χ2v) is 11.0. The first-order chi connectivity index (χ1) is 15.6. The summed E-state index contributed by atoms with van der Waals surface area (Å²) in [6, 6.07) is 8.46. The molecule has 4 fully saturated rings. The van der Waals surface area contributed by atoms with Crippen LogP contribution in [0.4, 0.5) is 0 Å². The number of unbranched alkanes of at least 4 members (excludes halogenated alkanes) is 2. The molecule has 1 aromatic carbocycles. The molecule has 4 heteroatoms. The number of hydrogen-bond donors (Lipinski definition) is 1. The third kappa shape index (κ3) is 5.87. The van der Waals surface area contributed by atoms with E-state index in [0.29, 0.717) is 5.91 Å². The molecule has 4 aliphatic rings. The first kappa shape index (κ1) is 23.6. The van der Waals surface area contributed by atoms with Crippen LogP contribution in [0, 0.1) is 23.2 Å². The van der Waals surface area contributed by atoms with Crippen LogP contribution < -0.4 is 10.1 Å². The minimum absolute atomic E-state index is 0.00807. The molecule has 0 atom stereocenters. The molecule has 0 radical (unpaired) electrons. The molecule has 0 unspecified atom stereocenters. The van der Waals surface area contributed by atoms with E-state index in [1.807, 2.05) is 0 Å². The number of carbonyl (C=O) groups is 1. The first-order valence-electron chi connectivity index (χ1n) is 13.2. The number of nitrogens with zero attached hydrogens (tertiary/aromatic N) is 1. The summed E-state index contributed by atoms with van der Waals surface area (Å²) in [4.78, 5) is 15.7. The summed E-state index contributed by atoms with van der Waals surface area (Å²) in [5.74, 6) is 3.84. The van der Waals surface area contributed by atoms with Crippen LogP contribution in [0.1, 0.15) is 76.7 Å². The predicted octanol–water partition coefficient (Wildman–Crippen LogP) is 5.45. The Kier molecular flexibility index (Phi) is 8.15. The van der Waals surface area contributed by atoms with Crippen LogP contribution >= 0.6 is 0 Å². The Labute approximate surface area is 195 Å². The molecular weight excluding hydrogens is 396 g/mol. The van der Waals surface area contributed by atoms with Crippen molar-refractivity contribution in [3.05, 3.63) is 29.8 Å². The predicted molar refractivity (Wildman–Crippen MR) is 131 cm³/mol. The van der Waals surface area contributed by atoms with Crippen molar-refractivity contribution in [3.63, 3.8) is 0 Å². The van der Waals surface area contributed by atoms with Crippen molar-refractivity contribution in [1.82, 2.24) is 10.2 Å². The van der Waals surface area contributed by atoms with Crippen LogP contribution in [-0.4, -0.2) is 44.1 Å². The zero-order valence-corrected chi connectivity index (χ0v) is 20.4. The zero-order chi connectivity index (χ0) is 22.4. The van der Waals surface area contributed by atoms with Crippen LogP contribution in [0.5, 0.6) is 5.75 Å². The Morgan fingerprint density at radius 3 is 2.22 bits per heavy atom. The summed E-state index contributed by atoms with van der Waals surface area (Å²) in [6.07, 6.45) is 13.5. The number of ether oxygens (including phenoxy) is 1. The van der Waals surface area contributed by atoms with Gasteiger partial charge < -0.3 is 15.0 Å². The van der Waals surface area contributed by atoms with Crippen LogP contribution in [-0.2, 0) is 11.2 Å². The fourth-order valence-corrected chi connectivity index (χ4v) is 7.15. The summed E-state index contributed by atoms with van der Waals surface area (Å²) >= 11 is 0. The lowest BCUT2D eigenvalue weighted by atomic mass is 9.49. The van der Waals surface area contributed by atoms with Crippen molar-refractivity contribution in [2.45, 2.75) is 77.6 Å². The molecule has 5 rings (SSSR count). The van der Waals surface area contributed by atoms with Gasteiger partial charge in [-0.2, -0.15) is 0 Å². The van der Waals surface area contributed by atoms with Gasteiger partial charge in [0.05, 0.1) is 7.11 Å². The maximum Gasteiger partial charge on any atom is 0.226 e. The molecule has 4 aliphatic carbocycles. The van der Waals surface area contributed by atoms with Gasteiger partial charge in [0.2, 0.25) is 5.91 Å². The van der Waals surface area contributed by atoms with Crippen LogP contribution in [0.3, 0.4) is 0 Å². The van der Waals surface area contributed by atoms with Crippen molar-refractivity contribution < 1.29 is 9.53 Å². The van der Waals surface area contributed by atoms with Crippen LogP contribution in [0.15, 0.2) is 24.3 Å². The molecule has 178 valence electrons. The smallest absolute Gasteiger partial charge is 0.226 e. The Morgan fingerprint density at radius 1 is 0.969 bits per heavy atom. The molecular formula is C28H44N2O2. The van der Waals surface area contributed by atoms with Gasteiger partial charge in [-0.25, -0.2) is 0 Å². The molecule has 1 amide bonds. The van der Waals surface area contributed by atoms with E-state index < -0.39 is 0 Å². The normalized spacial score (nSPS) is 28.3. The Morgan fingerprint density at radius 2 is 1.62 bits per heavy atom. The van der Waals surface area contributed by atoms with Gasteiger partial charge in [-0.05, 0) is 113 Å². The minimum Gasteiger partial charge on any atom is -0.497 e. The van der Waals surface area contributed by atoms with Gasteiger partial charge in [0.1, 0.15) is 5.75 Å². The van der Waals surface area contributed by atoms with E-state index in [-0.39, 0.29) is 5.41 Å². The summed E-state index contributed by atoms with van der Waals surface area (Å²) in [6.45, 7) is 6.56. The molecule has 0 spiro atoms. The number of methoxy groups -OCH3 is 1. The number of hydrogen-bond acceptors (Lipinski definition) is 3. The number of nitrogens with one attached hydrogen (secondary N) is 1. The van der Waals surface area contributed by atoms with Gasteiger partial charge in [0.15, 0.2) is 0 Å². The summed E-state index contributed by atoms with van der Waals surface area (Å²) in [7, 11) is 1.71. The van der Waals surface area contributed by atoms with E-state index in [2.05, 4.69) is 41.4 Å². The van der Waals surface area contributed by atoms with Crippen molar-refractivity contribution >= 4 is 5.91 Å². The molecule has 0 heterocycles. The Balaban J connectivity index is 1.11. The van der Waals surface area contributed by atoms with Crippen molar-refractivity contribution in [2.75, 3.05) is 33.3 Å². The highest BCUT2D eigenvalue weighted by atomic mass is 16.5. The molecule has 0 aliphatic heterocycles. The molecule has 0 saturated heterocycles. The van der Waals surface area contributed by atoms with Gasteiger partial charge in [-0.3, -0.25) is 4.79 Å². The van der Waals surface area contributed by atoms with Crippen molar-refractivity contribution in [1.29, 1.82) is 0 Å². The van der Waals surface area contributed by atoms with E-state index >= 15 is 0 Å². The standard InChI is InChI=1S/C28H44N2O2/c1-3-13-30(15-11-22-7-9-26(32-2)10-8-22)14-6-4-5-12-29-27(31)28-19-23-16-24(20-28)18-25(17-23)21-28/h7-10,23-25H,3-6,11-21H2,1-2H3,(H,29,31). The third-order valence-corrected chi connectivity index (χ3v) is 8.37. The van der Waals surface area contributed by atoms with Crippen LogP contribution in [0.25, 0.3) is 0 Å². The maximum absolute atomic E-state index is 13.1. The topological polar surface area (TPSA) is 41.6 Å². The van der Waals surface area contributed by atoms with Gasteiger partial charge in [0.25, 0.3) is 0 Å². The molecule has 32 heavy (non-hydrogen) atoms. The Hall–Kier alpha value is -1.55. The Bertz CT molecular complexity index is 694.